The summed E-state index contributed by atoms with van der Waals surface area (Å²) in [7, 11) is 0. The lowest BCUT2D eigenvalue weighted by Crippen LogP contribution is -2.71. The molecule has 32 heavy (non-hydrogen) atoms. The third kappa shape index (κ3) is 4.92. The molecule has 3 heterocycles. The third-order valence-corrected chi connectivity index (χ3v) is 7.76. The Balaban J connectivity index is 1.71. The van der Waals surface area contributed by atoms with Gasteiger partial charge in [0.1, 0.15) is 29.6 Å². The Labute approximate surface area is 195 Å². The van der Waals surface area contributed by atoms with E-state index in [1.165, 1.54) is 30.0 Å². The van der Waals surface area contributed by atoms with Crippen LogP contribution in [0.15, 0.2) is 23.4 Å². The van der Waals surface area contributed by atoms with Crippen molar-refractivity contribution in [3.8, 4) is 0 Å². The monoisotopic (exact) mass is 502 g/mol. The number of thiophene rings is 1. The lowest BCUT2D eigenvalue weighted by molar-refractivity contribution is -0.154. The second-order valence-electron chi connectivity index (χ2n) is 7.03. The summed E-state index contributed by atoms with van der Waals surface area (Å²) in [6.07, 6.45) is -0.0576. The van der Waals surface area contributed by atoms with Crippen LogP contribution < -0.4 is 5.32 Å². The molecule has 1 aromatic heterocycles. The van der Waals surface area contributed by atoms with Crippen LogP contribution in [-0.4, -0.2) is 68.6 Å². The van der Waals surface area contributed by atoms with Gasteiger partial charge in [-0.2, -0.15) is 0 Å². The first-order valence-corrected chi connectivity index (χ1v) is 11.7. The number of carbonyl (C=O) groups excluding carboxylic acids is 3. The number of nitrogens with one attached hydrogen (secondary N) is 1. The number of ether oxygens (including phenoxy) is 1. The molecule has 10 nitrogen and oxygen atoms in total. The van der Waals surface area contributed by atoms with Gasteiger partial charge in [0.2, 0.25) is 5.91 Å². The summed E-state index contributed by atoms with van der Waals surface area (Å²) in [5.74, 6) is -5.74. The van der Waals surface area contributed by atoms with E-state index in [0.717, 1.165) is 9.78 Å². The zero-order valence-electron chi connectivity index (χ0n) is 16.7. The number of β-lactam (4-membered cyclic amide) rings is 1. The Bertz CT molecular complexity index is 1010. The maximum Gasteiger partial charge on any atom is 0.352 e. The van der Waals surface area contributed by atoms with Crippen molar-refractivity contribution in [3.05, 3.63) is 33.2 Å². The molecular weight excluding hydrogens is 484 g/mol. The van der Waals surface area contributed by atoms with E-state index in [1.54, 1.807) is 12.1 Å². The van der Waals surface area contributed by atoms with Crippen molar-refractivity contribution in [1.29, 1.82) is 0 Å². The summed E-state index contributed by atoms with van der Waals surface area (Å²) in [4.78, 5) is 62.3. The highest BCUT2D eigenvalue weighted by Gasteiger charge is 2.54. The lowest BCUT2D eigenvalue weighted by atomic mass is 9.99. The molecule has 13 heteroatoms. The Kier molecular flexibility index (Phi) is 7.47. The zero-order valence-corrected chi connectivity index (χ0v) is 19.1. The average molecular weight is 503 g/mol. The van der Waals surface area contributed by atoms with Gasteiger partial charge in [0.25, 0.3) is 5.91 Å². The van der Waals surface area contributed by atoms with Crippen LogP contribution in [0.5, 0.6) is 0 Å². The lowest BCUT2D eigenvalue weighted by Gasteiger charge is -2.49. The molecule has 1 saturated heterocycles. The Morgan fingerprint density at radius 1 is 1.28 bits per heavy atom. The molecule has 2 aliphatic rings. The number of esters is 1. The predicted molar refractivity (Wildman–Crippen MR) is 115 cm³/mol. The molecule has 0 aliphatic carbocycles. The Morgan fingerprint density at radius 2 is 1.97 bits per heavy atom. The smallest absolute Gasteiger partial charge is 0.352 e. The first-order chi connectivity index (χ1) is 15.1. The van der Waals surface area contributed by atoms with Crippen LogP contribution in [0.3, 0.4) is 0 Å². The van der Waals surface area contributed by atoms with E-state index >= 15 is 0 Å². The van der Waals surface area contributed by atoms with Gasteiger partial charge >= 0.3 is 17.9 Å². The van der Waals surface area contributed by atoms with Crippen LogP contribution in [0.25, 0.3) is 0 Å². The van der Waals surface area contributed by atoms with E-state index in [1.807, 2.05) is 0 Å². The summed E-state index contributed by atoms with van der Waals surface area (Å²) in [6.45, 7) is 0.926. The van der Waals surface area contributed by atoms with Crippen LogP contribution in [0.2, 0.25) is 0 Å². The maximum atomic E-state index is 12.7. The van der Waals surface area contributed by atoms with E-state index in [4.69, 9.17) is 16.3 Å². The van der Waals surface area contributed by atoms with Gasteiger partial charge in [-0.1, -0.05) is 0 Å². The minimum atomic E-state index is -1.42. The predicted octanol–water partition coefficient (Wildman–Crippen LogP) is 1.03. The van der Waals surface area contributed by atoms with Crippen molar-refractivity contribution in [2.45, 2.75) is 30.6 Å². The number of rotatable bonds is 9. The number of carboxylic acids is 2. The molecule has 3 atom stereocenters. The minimum Gasteiger partial charge on any atom is -0.481 e. The number of halogens is 1. The number of alkyl halides is 1. The largest absolute Gasteiger partial charge is 0.481 e. The standard InChI is InChI=1S/C19H19ClN2O8S2/c1-8(23)30-6-9-7-31-17-13(16(25)22(17)14(9)19(28)29)21-15(24)12(18(26)27)4-10-2-3-11(5-20)32-10/h2-3,12-13,17H,4-7H2,1H3,(H,21,24)(H,26,27)(H,28,29). The van der Waals surface area contributed by atoms with Gasteiger partial charge in [-0.05, 0) is 12.1 Å². The van der Waals surface area contributed by atoms with Crippen LogP contribution in [-0.2, 0) is 41.0 Å². The number of amides is 2. The van der Waals surface area contributed by atoms with E-state index in [2.05, 4.69) is 5.32 Å². The molecule has 0 aromatic carbocycles. The number of nitrogens with zero attached hydrogens (tertiary/aromatic N) is 1. The number of carbonyl (C=O) groups is 5. The second kappa shape index (κ2) is 9.92. The fourth-order valence-electron chi connectivity index (χ4n) is 3.33. The summed E-state index contributed by atoms with van der Waals surface area (Å²) in [6, 6.07) is 2.40. The molecule has 3 N–H and O–H groups in total. The summed E-state index contributed by atoms with van der Waals surface area (Å²) in [5.41, 5.74) is -0.0178. The average Bonchev–Trinajstić information content (AvgIpc) is 3.20. The SMILES string of the molecule is CC(=O)OCC1=C(C(=O)O)N2C(=O)C(NC(=O)C(Cc3ccc(CCl)s3)C(=O)O)C2SC1. The summed E-state index contributed by atoms with van der Waals surface area (Å²) >= 11 is 8.26. The highest BCUT2D eigenvalue weighted by atomic mass is 35.5. The van der Waals surface area contributed by atoms with Crippen LogP contribution in [0, 0.1) is 5.92 Å². The molecule has 2 amide bonds. The highest BCUT2D eigenvalue weighted by Crippen LogP contribution is 2.40. The van der Waals surface area contributed by atoms with Gasteiger partial charge in [0.15, 0.2) is 0 Å². The van der Waals surface area contributed by atoms with Crippen molar-refractivity contribution in [2.24, 2.45) is 5.92 Å². The molecule has 0 radical (unpaired) electrons. The van der Waals surface area contributed by atoms with Crippen LogP contribution in [0.1, 0.15) is 16.7 Å². The molecule has 1 aromatic rings. The Morgan fingerprint density at radius 3 is 2.53 bits per heavy atom. The summed E-state index contributed by atoms with van der Waals surface area (Å²) in [5, 5.41) is 20.8. The van der Waals surface area contributed by atoms with Gasteiger partial charge in [-0.15, -0.1) is 34.7 Å². The minimum absolute atomic E-state index is 0.0576. The van der Waals surface area contributed by atoms with Crippen molar-refractivity contribution >= 4 is 64.4 Å². The molecule has 2 aliphatic heterocycles. The third-order valence-electron chi connectivity index (χ3n) is 4.87. The maximum absolute atomic E-state index is 12.7. The number of aliphatic carboxylic acids is 2. The van der Waals surface area contributed by atoms with Crippen molar-refractivity contribution in [1.82, 2.24) is 10.2 Å². The second-order valence-corrected chi connectivity index (χ2v) is 9.66. The van der Waals surface area contributed by atoms with Crippen molar-refractivity contribution < 1.29 is 38.9 Å². The van der Waals surface area contributed by atoms with E-state index in [0.29, 0.717) is 4.88 Å². The Hall–Kier alpha value is -2.57. The van der Waals surface area contributed by atoms with Gasteiger partial charge in [0.05, 0.1) is 5.88 Å². The van der Waals surface area contributed by atoms with E-state index in [9.17, 15) is 34.2 Å². The summed E-state index contributed by atoms with van der Waals surface area (Å²) < 4.78 is 4.87. The number of thioether (sulfide) groups is 1. The van der Waals surface area contributed by atoms with Crippen LogP contribution in [0.4, 0.5) is 0 Å². The molecule has 0 bridgehead atoms. The molecule has 3 rings (SSSR count). The molecular formula is C19H19ClN2O8S2. The van der Waals surface area contributed by atoms with Gasteiger partial charge in [0, 0.05) is 34.4 Å². The molecule has 172 valence electrons. The van der Waals surface area contributed by atoms with Crippen LogP contribution >= 0.6 is 34.7 Å². The van der Waals surface area contributed by atoms with E-state index in [-0.39, 0.29) is 35.9 Å². The molecule has 1 fully saturated rings. The van der Waals surface area contributed by atoms with Gasteiger partial charge < -0.3 is 20.3 Å². The van der Waals surface area contributed by atoms with E-state index < -0.39 is 47.1 Å². The topological polar surface area (TPSA) is 150 Å². The molecule has 0 spiro atoms. The number of hydrogen-bond acceptors (Lipinski definition) is 8. The molecule has 3 unspecified atom stereocenters. The zero-order chi connectivity index (χ0) is 23.6. The first-order valence-electron chi connectivity index (χ1n) is 9.34. The molecule has 0 saturated carbocycles. The fourth-order valence-corrected chi connectivity index (χ4v) is 5.83. The number of hydrogen-bond donors (Lipinski definition) is 3. The quantitative estimate of drug-likeness (QED) is 0.195. The van der Waals surface area contributed by atoms with Gasteiger partial charge in [-0.3, -0.25) is 24.1 Å². The van der Waals surface area contributed by atoms with Crippen molar-refractivity contribution in [3.63, 3.8) is 0 Å². The first kappa shape index (κ1) is 24.1. The highest BCUT2D eigenvalue weighted by molar-refractivity contribution is 8.00. The number of carboxylic acid groups (broad SMARTS) is 2. The number of fused-ring (bicyclic) bond motifs is 1. The van der Waals surface area contributed by atoms with Gasteiger partial charge in [-0.25, -0.2) is 4.79 Å². The normalized spacial score (nSPS) is 20.8. The van der Waals surface area contributed by atoms with Crippen molar-refractivity contribution in [2.75, 3.05) is 12.4 Å². The fraction of sp³-hybridized carbons (Fsp3) is 0.421.